The van der Waals surface area contributed by atoms with Crippen LogP contribution in [0.1, 0.15) is 12.8 Å². The van der Waals surface area contributed by atoms with Crippen LogP contribution >= 0.6 is 15.9 Å². The Morgan fingerprint density at radius 2 is 2.17 bits per heavy atom. The molecule has 0 radical (unpaired) electrons. The van der Waals surface area contributed by atoms with Crippen molar-refractivity contribution in [3.8, 4) is 0 Å². The molecule has 0 fully saturated rings. The Kier molecular flexibility index (Phi) is 3.74. The van der Waals surface area contributed by atoms with Gasteiger partial charge in [-0.2, -0.15) is 13.2 Å². The van der Waals surface area contributed by atoms with Gasteiger partial charge in [0.15, 0.2) is 11.5 Å². The van der Waals surface area contributed by atoms with Crippen LogP contribution in [0.2, 0.25) is 0 Å². The van der Waals surface area contributed by atoms with Gasteiger partial charge < -0.3 is 9.72 Å². The summed E-state index contributed by atoms with van der Waals surface area (Å²) in [6.07, 6.45) is 0.147. The Morgan fingerprint density at radius 3 is 2.89 bits per heavy atom. The molecule has 8 heteroatoms. The topological polar surface area (TPSA) is 42.2 Å². The summed E-state index contributed by atoms with van der Waals surface area (Å²) >= 11 is 3.23. The number of alkyl halides is 3. The Labute approximate surface area is 109 Å². The second kappa shape index (κ2) is 5.13. The van der Waals surface area contributed by atoms with Gasteiger partial charge in [0.2, 0.25) is 0 Å². The van der Waals surface area contributed by atoms with Crippen molar-refractivity contribution in [2.24, 2.45) is 0 Å². The van der Waals surface area contributed by atoms with Crippen molar-refractivity contribution < 1.29 is 13.2 Å². The molecule has 18 heavy (non-hydrogen) atoms. The minimum absolute atomic E-state index is 0.00453. The number of anilines is 1. The quantitative estimate of drug-likeness (QED) is 0.879. The first kappa shape index (κ1) is 13.1. The maximum absolute atomic E-state index is 12.0. The summed E-state index contributed by atoms with van der Waals surface area (Å²) in [4.78, 5) is 8.23. The number of halogens is 4. The minimum atomic E-state index is -4.12. The van der Waals surface area contributed by atoms with Crippen molar-refractivity contribution in [3.05, 3.63) is 23.2 Å². The van der Waals surface area contributed by atoms with Crippen molar-refractivity contribution in [1.29, 1.82) is 0 Å². The molecule has 2 aromatic heterocycles. The lowest BCUT2D eigenvalue weighted by molar-refractivity contribution is -0.134. The Bertz CT molecular complexity index is 537. The van der Waals surface area contributed by atoms with E-state index in [0.717, 1.165) is 0 Å². The number of aromatic nitrogens is 3. The monoisotopic (exact) mass is 322 g/mol. The zero-order chi connectivity index (χ0) is 13.2. The van der Waals surface area contributed by atoms with Crippen molar-refractivity contribution >= 4 is 27.4 Å². The Hall–Kier alpha value is -1.31. The van der Waals surface area contributed by atoms with Crippen LogP contribution in [-0.4, -0.2) is 27.1 Å². The van der Waals surface area contributed by atoms with Crippen molar-refractivity contribution in [2.45, 2.75) is 19.0 Å². The lowest BCUT2D eigenvalue weighted by atomic mass is 10.3. The highest BCUT2D eigenvalue weighted by Gasteiger charge is 2.25. The van der Waals surface area contributed by atoms with E-state index in [1.807, 2.05) is 0 Å². The van der Waals surface area contributed by atoms with E-state index in [1.165, 1.54) is 0 Å². The highest BCUT2D eigenvalue weighted by molar-refractivity contribution is 9.10. The molecular weight excluding hydrogens is 313 g/mol. The van der Waals surface area contributed by atoms with E-state index < -0.39 is 12.6 Å². The molecule has 4 nitrogen and oxygen atoms in total. The zero-order valence-electron chi connectivity index (χ0n) is 9.21. The highest BCUT2D eigenvalue weighted by atomic mass is 79.9. The highest BCUT2D eigenvalue weighted by Crippen LogP contribution is 2.22. The summed E-state index contributed by atoms with van der Waals surface area (Å²) in [7, 11) is 0. The standard InChI is InChI=1S/C10H10BrF3N4/c11-7-6-18-5-4-16-9(18)8(17-7)15-3-1-2-10(12,13)14/h4-6H,1-3H2,(H,15,17). The van der Waals surface area contributed by atoms with Crippen LogP contribution in [0.15, 0.2) is 23.2 Å². The second-order valence-corrected chi connectivity index (χ2v) is 4.53. The third-order valence-corrected chi connectivity index (χ3v) is 2.66. The van der Waals surface area contributed by atoms with Gasteiger partial charge in [-0.25, -0.2) is 9.97 Å². The number of nitrogens with zero attached hydrogens (tertiary/aromatic N) is 3. The van der Waals surface area contributed by atoms with Crippen LogP contribution in [-0.2, 0) is 0 Å². The second-order valence-electron chi connectivity index (χ2n) is 3.72. The van der Waals surface area contributed by atoms with Gasteiger partial charge in [-0.05, 0) is 22.4 Å². The lowest BCUT2D eigenvalue weighted by Crippen LogP contribution is -2.12. The summed E-state index contributed by atoms with van der Waals surface area (Å²) in [6.45, 7) is 0.200. The number of imidazole rings is 1. The molecule has 0 spiro atoms. The molecule has 0 aliphatic carbocycles. The van der Waals surface area contributed by atoms with E-state index in [-0.39, 0.29) is 13.0 Å². The van der Waals surface area contributed by atoms with Gasteiger partial charge in [-0.15, -0.1) is 0 Å². The fourth-order valence-corrected chi connectivity index (χ4v) is 1.91. The average molecular weight is 323 g/mol. The van der Waals surface area contributed by atoms with Gasteiger partial charge in [0.1, 0.15) is 4.60 Å². The van der Waals surface area contributed by atoms with Gasteiger partial charge in [0.25, 0.3) is 0 Å². The maximum atomic E-state index is 12.0. The molecule has 0 aromatic carbocycles. The summed E-state index contributed by atoms with van der Waals surface area (Å²) in [5.41, 5.74) is 0.588. The summed E-state index contributed by atoms with van der Waals surface area (Å²) in [5, 5.41) is 2.86. The Morgan fingerprint density at radius 1 is 1.39 bits per heavy atom. The van der Waals surface area contributed by atoms with E-state index in [9.17, 15) is 13.2 Å². The molecule has 0 saturated carbocycles. The molecule has 1 N–H and O–H groups in total. The first-order valence-electron chi connectivity index (χ1n) is 5.25. The lowest BCUT2D eigenvalue weighted by Gasteiger charge is -2.09. The largest absolute Gasteiger partial charge is 0.389 e. The van der Waals surface area contributed by atoms with Gasteiger partial charge in [0, 0.05) is 31.6 Å². The van der Waals surface area contributed by atoms with Crippen LogP contribution in [0, 0.1) is 0 Å². The number of hydrogen-bond acceptors (Lipinski definition) is 3. The molecule has 0 amide bonds. The summed E-state index contributed by atoms with van der Waals surface area (Å²) in [6, 6.07) is 0. The first-order valence-corrected chi connectivity index (χ1v) is 6.05. The molecule has 0 unspecified atom stereocenters. The van der Waals surface area contributed by atoms with Crippen molar-refractivity contribution in [2.75, 3.05) is 11.9 Å². The molecule has 0 aliphatic rings. The van der Waals surface area contributed by atoms with Crippen LogP contribution in [0.4, 0.5) is 19.0 Å². The number of hydrogen-bond donors (Lipinski definition) is 1. The van der Waals surface area contributed by atoms with Gasteiger partial charge in [-0.1, -0.05) is 0 Å². The fourth-order valence-electron chi connectivity index (χ4n) is 1.52. The SMILES string of the molecule is FC(F)(F)CCCNc1nc(Br)cn2ccnc12. The third kappa shape index (κ3) is 3.34. The number of rotatable bonds is 4. The third-order valence-electron chi connectivity index (χ3n) is 2.27. The predicted molar refractivity (Wildman–Crippen MR) is 64.5 cm³/mol. The first-order chi connectivity index (χ1) is 8.46. The predicted octanol–water partition coefficient (Wildman–Crippen LogP) is 3.25. The normalized spacial score (nSPS) is 12.0. The van der Waals surface area contributed by atoms with Gasteiger partial charge >= 0.3 is 6.18 Å². The van der Waals surface area contributed by atoms with Gasteiger partial charge in [0.05, 0.1) is 0 Å². The van der Waals surface area contributed by atoms with E-state index in [0.29, 0.717) is 16.1 Å². The smallest absolute Gasteiger partial charge is 0.367 e. The van der Waals surface area contributed by atoms with Crippen LogP contribution in [0.3, 0.4) is 0 Å². The summed E-state index contributed by atoms with van der Waals surface area (Å²) < 4.78 is 38.3. The molecule has 2 aromatic rings. The van der Waals surface area contributed by atoms with E-state index in [4.69, 9.17) is 0 Å². The van der Waals surface area contributed by atoms with E-state index in [2.05, 4.69) is 31.2 Å². The molecule has 0 aliphatic heterocycles. The van der Waals surface area contributed by atoms with E-state index in [1.54, 1.807) is 23.0 Å². The average Bonchev–Trinajstić information content (AvgIpc) is 2.70. The van der Waals surface area contributed by atoms with E-state index >= 15 is 0 Å². The molecule has 0 bridgehead atoms. The number of fused-ring (bicyclic) bond motifs is 1. The maximum Gasteiger partial charge on any atom is 0.389 e. The molecule has 0 saturated heterocycles. The van der Waals surface area contributed by atoms with Crippen molar-refractivity contribution in [1.82, 2.24) is 14.4 Å². The van der Waals surface area contributed by atoms with Crippen LogP contribution in [0.5, 0.6) is 0 Å². The van der Waals surface area contributed by atoms with Crippen molar-refractivity contribution in [3.63, 3.8) is 0 Å². The molecule has 2 rings (SSSR count). The fraction of sp³-hybridized carbons (Fsp3) is 0.400. The molecule has 0 atom stereocenters. The van der Waals surface area contributed by atoms with Crippen LogP contribution < -0.4 is 5.32 Å². The minimum Gasteiger partial charge on any atom is -0.367 e. The zero-order valence-corrected chi connectivity index (χ0v) is 10.8. The Balaban J connectivity index is 2.01. The molecule has 2 heterocycles. The summed E-state index contributed by atoms with van der Waals surface area (Å²) in [5.74, 6) is 0.469. The van der Waals surface area contributed by atoms with Gasteiger partial charge in [-0.3, -0.25) is 0 Å². The number of nitrogens with one attached hydrogen (secondary N) is 1. The molecule has 98 valence electrons. The molecular formula is C10H10BrF3N4. The van der Waals surface area contributed by atoms with Crippen LogP contribution in [0.25, 0.3) is 5.65 Å².